The van der Waals surface area contributed by atoms with Gasteiger partial charge in [0.25, 0.3) is 0 Å². The van der Waals surface area contributed by atoms with Crippen molar-refractivity contribution in [1.82, 2.24) is 19.6 Å². The minimum atomic E-state index is -0.240. The molecule has 6 heteroatoms. The largest absolute Gasteiger partial charge is 0.335 e. The van der Waals surface area contributed by atoms with Gasteiger partial charge in [-0.2, -0.15) is 5.10 Å². The van der Waals surface area contributed by atoms with Gasteiger partial charge >= 0.3 is 0 Å². The molecule has 2 aliphatic heterocycles. The van der Waals surface area contributed by atoms with Gasteiger partial charge in [-0.1, -0.05) is 12.1 Å². The van der Waals surface area contributed by atoms with Gasteiger partial charge in [-0.25, -0.2) is 4.39 Å². The highest BCUT2D eigenvalue weighted by Crippen LogP contribution is 2.45. The van der Waals surface area contributed by atoms with E-state index >= 15 is 0 Å². The average Bonchev–Trinajstić information content (AvgIpc) is 3.28. The fourth-order valence-electron chi connectivity index (χ4n) is 4.63. The van der Waals surface area contributed by atoms with Crippen LogP contribution in [0.25, 0.3) is 0 Å². The topological polar surface area (TPSA) is 41.4 Å². The second-order valence-electron chi connectivity index (χ2n) is 7.49. The molecule has 0 aliphatic carbocycles. The molecule has 26 heavy (non-hydrogen) atoms. The molecule has 4 rings (SSSR count). The third-order valence-electron chi connectivity index (χ3n) is 5.75. The third-order valence-corrected chi connectivity index (χ3v) is 5.75. The SMILES string of the molecule is CCn1cc(CN2C[C@@H]3CN(C(C)=O)[C@H](c4cccc(F)c4)[C@@H]3C2)cn1. The summed E-state index contributed by atoms with van der Waals surface area (Å²) in [5.41, 5.74) is 2.13. The lowest BCUT2D eigenvalue weighted by molar-refractivity contribution is -0.130. The molecule has 2 aliphatic rings. The van der Waals surface area contributed by atoms with E-state index in [0.717, 1.165) is 38.3 Å². The number of amides is 1. The van der Waals surface area contributed by atoms with Crippen LogP contribution in [0.5, 0.6) is 0 Å². The smallest absolute Gasteiger partial charge is 0.219 e. The van der Waals surface area contributed by atoms with Crippen molar-refractivity contribution in [2.45, 2.75) is 33.0 Å². The first-order chi connectivity index (χ1) is 12.5. The van der Waals surface area contributed by atoms with Gasteiger partial charge in [0.15, 0.2) is 0 Å². The van der Waals surface area contributed by atoms with E-state index < -0.39 is 0 Å². The number of nitrogens with zero attached hydrogens (tertiary/aromatic N) is 4. The monoisotopic (exact) mass is 356 g/mol. The first-order valence-corrected chi connectivity index (χ1v) is 9.31. The summed E-state index contributed by atoms with van der Waals surface area (Å²) in [6, 6.07) is 6.69. The van der Waals surface area contributed by atoms with Gasteiger partial charge in [-0.05, 0) is 30.5 Å². The van der Waals surface area contributed by atoms with E-state index in [2.05, 4.69) is 23.1 Å². The van der Waals surface area contributed by atoms with Crippen molar-refractivity contribution in [2.75, 3.05) is 19.6 Å². The highest BCUT2D eigenvalue weighted by Gasteiger charge is 2.48. The highest BCUT2D eigenvalue weighted by atomic mass is 19.1. The molecule has 0 spiro atoms. The summed E-state index contributed by atoms with van der Waals surface area (Å²) >= 11 is 0. The van der Waals surface area contributed by atoms with Gasteiger partial charge in [-0.15, -0.1) is 0 Å². The Bertz CT molecular complexity index is 805. The summed E-state index contributed by atoms with van der Waals surface area (Å²) in [5, 5.41) is 4.35. The van der Waals surface area contributed by atoms with Crippen molar-refractivity contribution >= 4 is 5.91 Å². The van der Waals surface area contributed by atoms with E-state index in [0.29, 0.717) is 11.8 Å². The predicted octanol–water partition coefficient (Wildman–Crippen LogP) is 2.69. The molecule has 2 saturated heterocycles. The molecule has 3 atom stereocenters. The number of likely N-dealkylation sites (tertiary alicyclic amines) is 2. The Morgan fingerprint density at radius 1 is 1.31 bits per heavy atom. The molecule has 138 valence electrons. The fraction of sp³-hybridized carbons (Fsp3) is 0.500. The molecule has 1 aromatic heterocycles. The molecular weight excluding hydrogens is 331 g/mol. The molecule has 2 aromatic rings. The number of fused-ring (bicyclic) bond motifs is 1. The number of hydrogen-bond acceptors (Lipinski definition) is 3. The molecular formula is C20H25FN4O. The maximum atomic E-state index is 13.8. The number of carbonyl (C=O) groups is 1. The summed E-state index contributed by atoms with van der Waals surface area (Å²) in [4.78, 5) is 16.5. The van der Waals surface area contributed by atoms with Crippen LogP contribution in [0.15, 0.2) is 36.7 Å². The third kappa shape index (κ3) is 3.14. The lowest BCUT2D eigenvalue weighted by Crippen LogP contribution is -2.34. The minimum absolute atomic E-state index is 0.0310. The molecule has 0 unspecified atom stereocenters. The predicted molar refractivity (Wildman–Crippen MR) is 96.7 cm³/mol. The summed E-state index contributed by atoms with van der Waals surface area (Å²) < 4.78 is 15.7. The van der Waals surface area contributed by atoms with E-state index in [1.807, 2.05) is 21.8 Å². The van der Waals surface area contributed by atoms with Crippen LogP contribution in [0, 0.1) is 17.7 Å². The van der Waals surface area contributed by atoms with E-state index in [1.54, 1.807) is 19.1 Å². The van der Waals surface area contributed by atoms with E-state index in [-0.39, 0.29) is 17.8 Å². The minimum Gasteiger partial charge on any atom is -0.335 e. The van der Waals surface area contributed by atoms with Gasteiger partial charge in [-0.3, -0.25) is 14.4 Å². The number of hydrogen-bond donors (Lipinski definition) is 0. The van der Waals surface area contributed by atoms with Gasteiger partial charge in [0, 0.05) is 57.3 Å². The Labute approximate surface area is 153 Å². The van der Waals surface area contributed by atoms with Crippen LogP contribution in [0.1, 0.15) is 31.0 Å². The summed E-state index contributed by atoms with van der Waals surface area (Å²) in [5.74, 6) is 0.621. The lowest BCUT2D eigenvalue weighted by atomic mass is 9.89. The first-order valence-electron chi connectivity index (χ1n) is 9.31. The van der Waals surface area contributed by atoms with Gasteiger partial charge in [0.05, 0.1) is 12.2 Å². The summed E-state index contributed by atoms with van der Waals surface area (Å²) in [6.45, 7) is 8.10. The lowest BCUT2D eigenvalue weighted by Gasteiger charge is -2.29. The van der Waals surface area contributed by atoms with Crippen molar-refractivity contribution < 1.29 is 9.18 Å². The van der Waals surface area contributed by atoms with Crippen LogP contribution in [-0.4, -0.2) is 45.1 Å². The number of rotatable bonds is 4. The Hall–Kier alpha value is -2.21. The van der Waals surface area contributed by atoms with Gasteiger partial charge < -0.3 is 4.90 Å². The van der Waals surface area contributed by atoms with Crippen LogP contribution in [0.2, 0.25) is 0 Å². The first kappa shape index (κ1) is 17.2. The normalized spacial score (nSPS) is 25.7. The zero-order valence-corrected chi connectivity index (χ0v) is 15.3. The maximum Gasteiger partial charge on any atom is 0.219 e. The second kappa shape index (κ2) is 6.83. The molecule has 0 radical (unpaired) electrons. The molecule has 5 nitrogen and oxygen atoms in total. The quantitative estimate of drug-likeness (QED) is 0.846. The van der Waals surface area contributed by atoms with Crippen molar-refractivity contribution in [3.05, 3.63) is 53.6 Å². The standard InChI is InChI=1S/C20H25FN4O/c1-3-24-10-15(8-22-24)9-23-11-17-12-25(14(2)26)20(19(17)13-23)16-5-4-6-18(21)7-16/h4-8,10,17,19-20H,3,9,11-13H2,1-2H3/t17-,19-,20-/m1/s1. The van der Waals surface area contributed by atoms with E-state index in [4.69, 9.17) is 0 Å². The molecule has 2 fully saturated rings. The van der Waals surface area contributed by atoms with Crippen molar-refractivity contribution in [2.24, 2.45) is 11.8 Å². The Kier molecular flexibility index (Phi) is 4.53. The number of aryl methyl sites for hydroxylation is 1. The highest BCUT2D eigenvalue weighted by molar-refractivity contribution is 5.74. The Balaban J connectivity index is 1.53. The molecule has 1 amide bonds. The Morgan fingerprint density at radius 3 is 2.85 bits per heavy atom. The van der Waals surface area contributed by atoms with Crippen molar-refractivity contribution in [3.8, 4) is 0 Å². The average molecular weight is 356 g/mol. The van der Waals surface area contributed by atoms with Crippen LogP contribution in [-0.2, 0) is 17.9 Å². The Morgan fingerprint density at radius 2 is 2.15 bits per heavy atom. The number of carbonyl (C=O) groups excluding carboxylic acids is 1. The second-order valence-corrected chi connectivity index (χ2v) is 7.49. The van der Waals surface area contributed by atoms with Crippen LogP contribution in [0.3, 0.4) is 0 Å². The molecule has 3 heterocycles. The zero-order chi connectivity index (χ0) is 18.3. The van der Waals surface area contributed by atoms with Crippen LogP contribution >= 0.6 is 0 Å². The van der Waals surface area contributed by atoms with Crippen molar-refractivity contribution in [1.29, 1.82) is 0 Å². The maximum absolute atomic E-state index is 13.8. The van der Waals surface area contributed by atoms with E-state index in [1.165, 1.54) is 11.6 Å². The molecule has 0 saturated carbocycles. The molecule has 1 aromatic carbocycles. The fourth-order valence-corrected chi connectivity index (χ4v) is 4.63. The van der Waals surface area contributed by atoms with Crippen LogP contribution < -0.4 is 0 Å². The van der Waals surface area contributed by atoms with Gasteiger partial charge in [0.1, 0.15) is 5.82 Å². The van der Waals surface area contributed by atoms with Gasteiger partial charge in [0.2, 0.25) is 5.91 Å². The number of halogens is 1. The summed E-state index contributed by atoms with van der Waals surface area (Å²) in [7, 11) is 0. The molecule has 0 bridgehead atoms. The number of aromatic nitrogens is 2. The molecule has 0 N–H and O–H groups in total. The van der Waals surface area contributed by atoms with Crippen LogP contribution in [0.4, 0.5) is 4.39 Å². The number of benzene rings is 1. The summed E-state index contributed by atoms with van der Waals surface area (Å²) in [6.07, 6.45) is 4.03. The van der Waals surface area contributed by atoms with E-state index in [9.17, 15) is 9.18 Å². The zero-order valence-electron chi connectivity index (χ0n) is 15.3. The van der Waals surface area contributed by atoms with Crippen molar-refractivity contribution in [3.63, 3.8) is 0 Å².